The van der Waals surface area contributed by atoms with Crippen LogP contribution in [0.2, 0.25) is 0 Å². The number of esters is 2. The molecule has 5 heteroatoms. The minimum Gasteiger partial charge on any atom is -0.458 e. The molecule has 0 bridgehead atoms. The Morgan fingerprint density at radius 2 is 2.14 bits per heavy atom. The number of carbonyl (C=O) groups excluding carboxylic acids is 3. The maximum Gasteiger partial charge on any atom is 0.334 e. The number of rotatable bonds is 1. The number of hydrogen-bond acceptors (Lipinski definition) is 5. The summed E-state index contributed by atoms with van der Waals surface area (Å²) in [5, 5.41) is 0. The summed E-state index contributed by atoms with van der Waals surface area (Å²) in [6.45, 7) is 9.02. The van der Waals surface area contributed by atoms with Crippen molar-refractivity contribution >= 4 is 17.7 Å². The highest BCUT2D eigenvalue weighted by atomic mass is 16.6. The largest absolute Gasteiger partial charge is 0.458 e. The first-order valence-corrected chi connectivity index (χ1v) is 7.53. The highest BCUT2D eigenvalue weighted by molar-refractivity contribution is 5.97. The van der Waals surface area contributed by atoms with E-state index >= 15 is 0 Å². The van der Waals surface area contributed by atoms with Gasteiger partial charge in [-0.05, 0) is 31.8 Å². The predicted octanol–water partition coefficient (Wildman–Crippen LogP) is 1.96. The molecule has 0 amide bonds. The number of ether oxygens (including phenoxy) is 2. The fourth-order valence-electron chi connectivity index (χ4n) is 4.33. The lowest BCUT2D eigenvalue weighted by molar-refractivity contribution is -0.170. The standard InChI is InChI=1S/C17H20O5/c1-8-5-13(19)15(21-10(3)18)17(4)7-14-11(6-12(8)17)9(2)16(20)22-14/h5,11-12,14-15H,2,6-7H2,1,3-4H3/t11-,12+,14-,15+,17-/m1/s1. The van der Waals surface area contributed by atoms with E-state index in [2.05, 4.69) is 6.58 Å². The van der Waals surface area contributed by atoms with E-state index in [0.29, 0.717) is 18.4 Å². The van der Waals surface area contributed by atoms with Crippen molar-refractivity contribution in [3.63, 3.8) is 0 Å². The van der Waals surface area contributed by atoms with E-state index in [1.165, 1.54) is 6.92 Å². The average molecular weight is 304 g/mol. The summed E-state index contributed by atoms with van der Waals surface area (Å²) >= 11 is 0. The first-order chi connectivity index (χ1) is 10.2. The molecule has 1 saturated carbocycles. The maximum atomic E-state index is 12.3. The number of hydrogen-bond donors (Lipinski definition) is 0. The van der Waals surface area contributed by atoms with Crippen LogP contribution >= 0.6 is 0 Å². The Morgan fingerprint density at radius 1 is 1.45 bits per heavy atom. The molecule has 118 valence electrons. The molecule has 0 spiro atoms. The fourth-order valence-corrected chi connectivity index (χ4v) is 4.33. The third-order valence-corrected chi connectivity index (χ3v) is 5.40. The van der Waals surface area contributed by atoms with Gasteiger partial charge in [-0.3, -0.25) is 9.59 Å². The van der Waals surface area contributed by atoms with Gasteiger partial charge in [-0.1, -0.05) is 19.1 Å². The van der Waals surface area contributed by atoms with Gasteiger partial charge in [0.25, 0.3) is 0 Å². The molecule has 5 nitrogen and oxygen atoms in total. The number of allylic oxidation sites excluding steroid dienone is 1. The summed E-state index contributed by atoms with van der Waals surface area (Å²) < 4.78 is 10.7. The Kier molecular flexibility index (Phi) is 3.27. The van der Waals surface area contributed by atoms with Crippen LogP contribution in [-0.4, -0.2) is 29.9 Å². The highest BCUT2D eigenvalue weighted by Crippen LogP contribution is 2.55. The van der Waals surface area contributed by atoms with Crippen molar-refractivity contribution in [3.8, 4) is 0 Å². The molecule has 1 aliphatic heterocycles. The van der Waals surface area contributed by atoms with E-state index in [9.17, 15) is 14.4 Å². The smallest absolute Gasteiger partial charge is 0.334 e. The molecule has 0 aromatic carbocycles. The van der Waals surface area contributed by atoms with E-state index in [4.69, 9.17) is 9.47 Å². The van der Waals surface area contributed by atoms with Crippen LogP contribution in [0.5, 0.6) is 0 Å². The van der Waals surface area contributed by atoms with Gasteiger partial charge in [0.05, 0.1) is 0 Å². The maximum absolute atomic E-state index is 12.3. The molecule has 3 aliphatic rings. The first-order valence-electron chi connectivity index (χ1n) is 7.53. The second kappa shape index (κ2) is 4.80. The molecular formula is C17H20O5. The molecular weight excluding hydrogens is 284 g/mol. The summed E-state index contributed by atoms with van der Waals surface area (Å²) in [4.78, 5) is 35.5. The third-order valence-electron chi connectivity index (χ3n) is 5.40. The van der Waals surface area contributed by atoms with Crippen molar-refractivity contribution in [2.24, 2.45) is 17.3 Å². The zero-order valence-corrected chi connectivity index (χ0v) is 13.0. The molecule has 0 aromatic heterocycles. The Morgan fingerprint density at radius 3 is 2.77 bits per heavy atom. The molecule has 0 unspecified atom stereocenters. The topological polar surface area (TPSA) is 69.7 Å². The summed E-state index contributed by atoms with van der Waals surface area (Å²) in [5.74, 6) is -0.953. The second-order valence-electron chi connectivity index (χ2n) is 6.85. The second-order valence-corrected chi connectivity index (χ2v) is 6.85. The predicted molar refractivity (Wildman–Crippen MR) is 77.7 cm³/mol. The van der Waals surface area contributed by atoms with Crippen LogP contribution in [-0.2, 0) is 23.9 Å². The Bertz CT molecular complexity index is 617. The van der Waals surface area contributed by atoms with Crippen LogP contribution in [0.1, 0.15) is 33.6 Å². The summed E-state index contributed by atoms with van der Waals surface area (Å²) in [6.07, 6.45) is 1.67. The van der Waals surface area contributed by atoms with Crippen molar-refractivity contribution in [1.29, 1.82) is 0 Å². The molecule has 0 radical (unpaired) electrons. The van der Waals surface area contributed by atoms with Gasteiger partial charge in [0, 0.05) is 23.8 Å². The molecule has 2 fully saturated rings. The summed E-state index contributed by atoms with van der Waals surface area (Å²) in [5.41, 5.74) is 0.940. The van der Waals surface area contributed by atoms with Crippen LogP contribution in [0, 0.1) is 17.3 Å². The Hall–Kier alpha value is -1.91. The van der Waals surface area contributed by atoms with Gasteiger partial charge >= 0.3 is 11.9 Å². The van der Waals surface area contributed by atoms with Gasteiger partial charge in [-0.25, -0.2) is 4.79 Å². The van der Waals surface area contributed by atoms with Gasteiger partial charge in [0.15, 0.2) is 11.9 Å². The lowest BCUT2D eigenvalue weighted by Crippen LogP contribution is -2.54. The van der Waals surface area contributed by atoms with E-state index < -0.39 is 17.5 Å². The van der Waals surface area contributed by atoms with Gasteiger partial charge in [0.2, 0.25) is 0 Å². The van der Waals surface area contributed by atoms with Crippen molar-refractivity contribution in [3.05, 3.63) is 23.8 Å². The van der Waals surface area contributed by atoms with Crippen LogP contribution < -0.4 is 0 Å². The van der Waals surface area contributed by atoms with Gasteiger partial charge in [-0.2, -0.15) is 0 Å². The van der Waals surface area contributed by atoms with E-state index in [0.717, 1.165) is 5.57 Å². The highest BCUT2D eigenvalue weighted by Gasteiger charge is 2.58. The van der Waals surface area contributed by atoms with Crippen LogP contribution in [0.25, 0.3) is 0 Å². The summed E-state index contributed by atoms with van der Waals surface area (Å²) in [7, 11) is 0. The van der Waals surface area contributed by atoms with Crippen LogP contribution in [0.4, 0.5) is 0 Å². The molecule has 3 rings (SSSR count). The molecule has 1 heterocycles. The lowest BCUT2D eigenvalue weighted by Gasteiger charge is -2.50. The third kappa shape index (κ3) is 2.02. The molecule has 1 saturated heterocycles. The SMILES string of the molecule is C=C1C(=O)O[C@@H]2C[C@]3(C)[C@@H](C[C@H]12)C(C)=CC(=O)[C@@H]3OC(C)=O. The average Bonchev–Trinajstić information content (AvgIpc) is 2.67. The first kappa shape index (κ1) is 15.0. The lowest BCUT2D eigenvalue weighted by atomic mass is 9.55. The van der Waals surface area contributed by atoms with Gasteiger partial charge in [-0.15, -0.1) is 0 Å². The van der Waals surface area contributed by atoms with Crippen molar-refractivity contribution in [2.45, 2.75) is 45.8 Å². The van der Waals surface area contributed by atoms with E-state index in [1.807, 2.05) is 13.8 Å². The zero-order valence-electron chi connectivity index (χ0n) is 13.0. The summed E-state index contributed by atoms with van der Waals surface area (Å²) in [6, 6.07) is 0. The fraction of sp³-hybridized carbons (Fsp3) is 0.588. The van der Waals surface area contributed by atoms with Gasteiger partial charge in [0.1, 0.15) is 6.10 Å². The Labute approximate surface area is 129 Å². The molecule has 0 N–H and O–H groups in total. The minimum absolute atomic E-state index is 0.0138. The quantitative estimate of drug-likeness (QED) is 0.547. The van der Waals surface area contributed by atoms with E-state index in [1.54, 1.807) is 6.08 Å². The van der Waals surface area contributed by atoms with Crippen LogP contribution in [0.15, 0.2) is 23.8 Å². The number of carbonyl (C=O) groups is 3. The van der Waals surface area contributed by atoms with Gasteiger partial charge < -0.3 is 9.47 Å². The van der Waals surface area contributed by atoms with Crippen LogP contribution in [0.3, 0.4) is 0 Å². The van der Waals surface area contributed by atoms with Crippen molar-refractivity contribution in [1.82, 2.24) is 0 Å². The number of ketones is 1. The number of fused-ring (bicyclic) bond motifs is 2. The molecule has 5 atom stereocenters. The van der Waals surface area contributed by atoms with Crippen molar-refractivity contribution in [2.75, 3.05) is 0 Å². The molecule has 22 heavy (non-hydrogen) atoms. The van der Waals surface area contributed by atoms with Crippen molar-refractivity contribution < 1.29 is 23.9 Å². The molecule has 2 aliphatic carbocycles. The molecule has 0 aromatic rings. The normalized spacial score (nSPS) is 40.5. The monoisotopic (exact) mass is 304 g/mol. The minimum atomic E-state index is -0.813. The zero-order chi connectivity index (χ0) is 16.2. The van der Waals surface area contributed by atoms with E-state index in [-0.39, 0.29) is 29.7 Å². The Balaban J connectivity index is 2.00.